The van der Waals surface area contributed by atoms with Crippen LogP contribution in [0.2, 0.25) is 5.02 Å². The van der Waals surface area contributed by atoms with Gasteiger partial charge < -0.3 is 9.47 Å². The number of pyridine rings is 1. The van der Waals surface area contributed by atoms with Crippen molar-refractivity contribution in [3.63, 3.8) is 0 Å². The third-order valence-electron chi connectivity index (χ3n) is 3.55. The van der Waals surface area contributed by atoms with Crippen molar-refractivity contribution in [3.8, 4) is 28.0 Å². The number of halogens is 3. The summed E-state index contributed by atoms with van der Waals surface area (Å²) in [6.07, 6.45) is 1.31. The predicted molar refractivity (Wildman–Crippen MR) is 92.5 cm³/mol. The van der Waals surface area contributed by atoms with Crippen molar-refractivity contribution >= 4 is 11.6 Å². The molecule has 3 rings (SSSR count). The van der Waals surface area contributed by atoms with Gasteiger partial charge in [0.1, 0.15) is 11.6 Å². The van der Waals surface area contributed by atoms with E-state index in [0.717, 1.165) is 0 Å². The molecule has 25 heavy (non-hydrogen) atoms. The number of nitrogens with zero attached hydrogens (tertiary/aromatic N) is 1. The van der Waals surface area contributed by atoms with Gasteiger partial charge in [-0.05, 0) is 41.5 Å². The number of hydrogen-bond donors (Lipinski definition) is 0. The van der Waals surface area contributed by atoms with Gasteiger partial charge in [0.15, 0.2) is 6.79 Å². The first-order valence-electron chi connectivity index (χ1n) is 7.41. The zero-order valence-electron chi connectivity index (χ0n) is 13.3. The number of benzene rings is 2. The van der Waals surface area contributed by atoms with E-state index in [2.05, 4.69) is 4.98 Å². The fourth-order valence-corrected chi connectivity index (χ4v) is 2.71. The number of hydrogen-bond acceptors (Lipinski definition) is 3. The SMILES string of the molecule is COCOc1c(-c2cccc(Cl)c2)cc(F)cc1-c1ccnc(F)c1. The van der Waals surface area contributed by atoms with E-state index in [1.165, 1.54) is 31.5 Å². The molecule has 0 unspecified atom stereocenters. The normalized spacial score (nSPS) is 10.7. The summed E-state index contributed by atoms with van der Waals surface area (Å²) in [6, 6.07) is 12.4. The largest absolute Gasteiger partial charge is 0.466 e. The lowest BCUT2D eigenvalue weighted by molar-refractivity contribution is 0.0519. The highest BCUT2D eigenvalue weighted by Crippen LogP contribution is 2.40. The second-order valence-electron chi connectivity index (χ2n) is 5.26. The Kier molecular flexibility index (Phi) is 5.26. The lowest BCUT2D eigenvalue weighted by Gasteiger charge is -2.16. The second-order valence-corrected chi connectivity index (χ2v) is 5.69. The van der Waals surface area contributed by atoms with Crippen LogP contribution < -0.4 is 4.74 Å². The van der Waals surface area contributed by atoms with Crippen molar-refractivity contribution in [2.45, 2.75) is 0 Å². The molecular weight excluding hydrogens is 348 g/mol. The van der Waals surface area contributed by atoms with Crippen LogP contribution in [0.4, 0.5) is 8.78 Å². The van der Waals surface area contributed by atoms with Crippen molar-refractivity contribution in [3.05, 3.63) is 71.5 Å². The summed E-state index contributed by atoms with van der Waals surface area (Å²) < 4.78 is 38.5. The van der Waals surface area contributed by atoms with E-state index in [-0.39, 0.29) is 6.79 Å². The first-order valence-corrected chi connectivity index (χ1v) is 7.79. The standard InChI is InChI=1S/C19H14ClF2NO2/c1-24-11-25-19-16(12-3-2-4-14(20)7-12)9-15(21)10-17(19)13-5-6-23-18(22)8-13/h2-10H,11H2,1H3. The summed E-state index contributed by atoms with van der Waals surface area (Å²) in [5.41, 5.74) is 2.01. The molecule has 0 fully saturated rings. The van der Waals surface area contributed by atoms with Gasteiger partial charge in [0.05, 0.1) is 0 Å². The third-order valence-corrected chi connectivity index (χ3v) is 3.78. The smallest absolute Gasteiger partial charge is 0.213 e. The van der Waals surface area contributed by atoms with Gasteiger partial charge in [-0.3, -0.25) is 0 Å². The average molecular weight is 362 g/mol. The van der Waals surface area contributed by atoms with Gasteiger partial charge in [-0.25, -0.2) is 9.37 Å². The fraction of sp³-hybridized carbons (Fsp3) is 0.105. The van der Waals surface area contributed by atoms with Gasteiger partial charge in [-0.2, -0.15) is 4.39 Å². The van der Waals surface area contributed by atoms with Gasteiger partial charge in [0, 0.05) is 35.5 Å². The van der Waals surface area contributed by atoms with Crippen LogP contribution in [0.5, 0.6) is 5.75 Å². The first kappa shape index (κ1) is 17.3. The number of methoxy groups -OCH3 is 1. The zero-order valence-corrected chi connectivity index (χ0v) is 14.1. The van der Waals surface area contributed by atoms with Crippen LogP contribution >= 0.6 is 11.6 Å². The maximum Gasteiger partial charge on any atom is 0.213 e. The third kappa shape index (κ3) is 3.95. The summed E-state index contributed by atoms with van der Waals surface area (Å²) in [7, 11) is 1.48. The molecule has 0 aliphatic heterocycles. The number of ether oxygens (including phenoxy) is 2. The molecule has 1 aromatic heterocycles. The minimum absolute atomic E-state index is 0.0419. The summed E-state index contributed by atoms with van der Waals surface area (Å²) in [4.78, 5) is 3.53. The van der Waals surface area contributed by atoms with Crippen LogP contribution in [-0.4, -0.2) is 18.9 Å². The van der Waals surface area contributed by atoms with Crippen molar-refractivity contribution in [1.29, 1.82) is 0 Å². The van der Waals surface area contributed by atoms with Crippen LogP contribution in [0, 0.1) is 11.8 Å². The van der Waals surface area contributed by atoms with E-state index in [4.69, 9.17) is 21.1 Å². The Bertz CT molecular complexity index is 836. The molecule has 2 aromatic carbocycles. The van der Waals surface area contributed by atoms with Gasteiger partial charge in [-0.1, -0.05) is 23.7 Å². The molecule has 0 aliphatic rings. The zero-order chi connectivity index (χ0) is 17.8. The molecule has 0 aliphatic carbocycles. The molecule has 0 amide bonds. The van der Waals surface area contributed by atoms with Gasteiger partial charge >= 0.3 is 0 Å². The molecule has 0 bridgehead atoms. The summed E-state index contributed by atoms with van der Waals surface area (Å²) in [5, 5.41) is 0.510. The molecule has 0 radical (unpaired) electrons. The lowest BCUT2D eigenvalue weighted by atomic mass is 9.97. The van der Waals surface area contributed by atoms with Crippen molar-refractivity contribution in [2.24, 2.45) is 0 Å². The molecule has 0 N–H and O–H groups in total. The van der Waals surface area contributed by atoms with Crippen LogP contribution in [0.25, 0.3) is 22.3 Å². The van der Waals surface area contributed by atoms with Crippen LogP contribution in [0.1, 0.15) is 0 Å². The number of rotatable bonds is 5. The summed E-state index contributed by atoms with van der Waals surface area (Å²) in [6.45, 7) is -0.0419. The Morgan fingerprint density at radius 2 is 1.72 bits per heavy atom. The average Bonchev–Trinajstić information content (AvgIpc) is 2.60. The minimum Gasteiger partial charge on any atom is -0.466 e. The molecule has 0 atom stereocenters. The Labute approximate surface area is 148 Å². The van der Waals surface area contributed by atoms with Crippen molar-refractivity contribution in [1.82, 2.24) is 4.98 Å². The van der Waals surface area contributed by atoms with Crippen LogP contribution in [0.3, 0.4) is 0 Å². The first-order chi connectivity index (χ1) is 12.1. The van der Waals surface area contributed by atoms with Gasteiger partial charge in [0.2, 0.25) is 5.95 Å². The van der Waals surface area contributed by atoms with E-state index in [1.807, 2.05) is 0 Å². The topological polar surface area (TPSA) is 31.4 Å². The quantitative estimate of drug-likeness (QED) is 0.454. The highest BCUT2D eigenvalue weighted by atomic mass is 35.5. The lowest BCUT2D eigenvalue weighted by Crippen LogP contribution is -2.03. The van der Waals surface area contributed by atoms with Crippen molar-refractivity contribution < 1.29 is 18.3 Å². The Balaban J connectivity index is 2.24. The molecular formula is C19H14ClF2NO2. The predicted octanol–water partition coefficient (Wildman–Crippen LogP) is 5.33. The van der Waals surface area contributed by atoms with Gasteiger partial charge in [0.25, 0.3) is 0 Å². The van der Waals surface area contributed by atoms with E-state index in [0.29, 0.717) is 33.0 Å². The maximum absolute atomic E-state index is 14.3. The molecule has 0 saturated carbocycles. The fourth-order valence-electron chi connectivity index (χ4n) is 2.52. The molecule has 128 valence electrons. The van der Waals surface area contributed by atoms with E-state index >= 15 is 0 Å². The highest BCUT2D eigenvalue weighted by Gasteiger charge is 2.17. The molecule has 6 heteroatoms. The summed E-state index contributed by atoms with van der Waals surface area (Å²) >= 11 is 6.05. The van der Waals surface area contributed by atoms with E-state index < -0.39 is 11.8 Å². The monoisotopic (exact) mass is 361 g/mol. The number of aromatic nitrogens is 1. The molecule has 3 aromatic rings. The van der Waals surface area contributed by atoms with E-state index in [1.54, 1.807) is 30.3 Å². The molecule has 0 spiro atoms. The Morgan fingerprint density at radius 3 is 2.36 bits per heavy atom. The minimum atomic E-state index is -0.663. The van der Waals surface area contributed by atoms with Crippen molar-refractivity contribution in [2.75, 3.05) is 13.9 Å². The molecule has 1 heterocycles. The summed E-state index contributed by atoms with van der Waals surface area (Å²) in [5.74, 6) is -0.771. The second kappa shape index (κ2) is 7.59. The Morgan fingerprint density at radius 1 is 1.00 bits per heavy atom. The maximum atomic E-state index is 14.3. The highest BCUT2D eigenvalue weighted by molar-refractivity contribution is 6.30. The van der Waals surface area contributed by atoms with Crippen LogP contribution in [-0.2, 0) is 4.74 Å². The van der Waals surface area contributed by atoms with E-state index in [9.17, 15) is 8.78 Å². The van der Waals surface area contributed by atoms with Crippen LogP contribution in [0.15, 0.2) is 54.7 Å². The van der Waals surface area contributed by atoms with Gasteiger partial charge in [-0.15, -0.1) is 0 Å². The molecule has 3 nitrogen and oxygen atoms in total. The Hall–Kier alpha value is -2.50. The molecule has 0 saturated heterocycles.